The molecule has 0 spiro atoms. The maximum Gasteiger partial charge on any atom is 0.313 e. The van der Waals surface area contributed by atoms with E-state index in [0.717, 1.165) is 27.7 Å². The highest BCUT2D eigenvalue weighted by Crippen LogP contribution is 2.29. The smallest absolute Gasteiger partial charge is 0.313 e. The first-order chi connectivity index (χ1) is 13.1. The van der Waals surface area contributed by atoms with E-state index in [1.165, 1.54) is 12.1 Å². The van der Waals surface area contributed by atoms with Crippen LogP contribution in [0.15, 0.2) is 42.5 Å². The molecule has 0 amide bonds. The van der Waals surface area contributed by atoms with Crippen LogP contribution >= 0.6 is 0 Å². The Morgan fingerprint density at radius 1 is 1.11 bits per heavy atom. The summed E-state index contributed by atoms with van der Waals surface area (Å²) in [6, 6.07) is 11.9. The van der Waals surface area contributed by atoms with E-state index >= 15 is 0 Å². The normalized spacial score (nSPS) is 11.0. The molecule has 2 heterocycles. The number of hydrogen-bond donors (Lipinski definition) is 2. The fourth-order valence-electron chi connectivity index (χ4n) is 2.84. The van der Waals surface area contributed by atoms with E-state index in [2.05, 4.69) is 25.4 Å². The number of nitrogens with zero attached hydrogens (tertiary/aromatic N) is 3. The molecule has 27 heavy (non-hydrogen) atoms. The van der Waals surface area contributed by atoms with Crippen molar-refractivity contribution in [3.8, 4) is 22.6 Å². The summed E-state index contributed by atoms with van der Waals surface area (Å²) >= 11 is 0. The fraction of sp³-hybridized carbons (Fsp3) is 0.158. The van der Waals surface area contributed by atoms with Crippen LogP contribution in [0.25, 0.3) is 33.5 Å². The second kappa shape index (κ2) is 6.99. The van der Waals surface area contributed by atoms with Crippen molar-refractivity contribution >= 4 is 16.9 Å². The van der Waals surface area contributed by atoms with Gasteiger partial charge in [0.25, 0.3) is 0 Å². The van der Waals surface area contributed by atoms with Gasteiger partial charge in [-0.05, 0) is 49.4 Å². The molecule has 0 radical (unpaired) electrons. The lowest BCUT2D eigenvalue weighted by Crippen LogP contribution is -2.08. The van der Waals surface area contributed by atoms with Crippen molar-refractivity contribution in [1.82, 2.24) is 25.4 Å². The number of ether oxygens (including phenoxy) is 1. The summed E-state index contributed by atoms with van der Waals surface area (Å²) < 4.78 is 18.1. The van der Waals surface area contributed by atoms with Crippen LogP contribution in [0.3, 0.4) is 0 Å². The Morgan fingerprint density at radius 3 is 2.67 bits per heavy atom. The Morgan fingerprint density at radius 2 is 1.89 bits per heavy atom. The van der Waals surface area contributed by atoms with E-state index in [1.807, 2.05) is 18.2 Å². The van der Waals surface area contributed by atoms with Crippen LogP contribution in [-0.4, -0.2) is 38.0 Å². The summed E-state index contributed by atoms with van der Waals surface area (Å²) in [7, 11) is 0. The molecule has 2 aromatic carbocycles. The minimum atomic E-state index is -0.357. The van der Waals surface area contributed by atoms with Crippen LogP contribution in [0.1, 0.15) is 12.7 Å². The van der Waals surface area contributed by atoms with E-state index in [0.29, 0.717) is 18.3 Å². The highest BCUT2D eigenvalue weighted by atomic mass is 19.1. The summed E-state index contributed by atoms with van der Waals surface area (Å²) in [5, 5.41) is 16.3. The molecule has 136 valence electrons. The van der Waals surface area contributed by atoms with Gasteiger partial charge in [-0.25, -0.2) is 4.39 Å². The van der Waals surface area contributed by atoms with Gasteiger partial charge >= 0.3 is 5.97 Å². The predicted octanol–water partition coefficient (Wildman–Crippen LogP) is 3.26. The van der Waals surface area contributed by atoms with Crippen LogP contribution in [0, 0.1) is 5.82 Å². The van der Waals surface area contributed by atoms with Crippen molar-refractivity contribution in [2.75, 3.05) is 6.61 Å². The summed E-state index contributed by atoms with van der Waals surface area (Å²) in [6.07, 6.45) is 0.0373. The first kappa shape index (κ1) is 16.9. The van der Waals surface area contributed by atoms with Crippen LogP contribution in [-0.2, 0) is 16.0 Å². The molecule has 0 unspecified atom stereocenters. The summed E-state index contributed by atoms with van der Waals surface area (Å²) in [5.41, 5.74) is 3.18. The number of H-pyrrole nitrogens is 2. The van der Waals surface area contributed by atoms with E-state index in [9.17, 15) is 9.18 Å². The molecule has 2 N–H and O–H groups in total. The predicted molar refractivity (Wildman–Crippen MR) is 97.2 cm³/mol. The molecule has 0 fully saturated rings. The van der Waals surface area contributed by atoms with Gasteiger partial charge in [-0.1, -0.05) is 0 Å². The van der Waals surface area contributed by atoms with Gasteiger partial charge in [0, 0.05) is 16.5 Å². The number of carbonyl (C=O) groups is 1. The molecule has 0 saturated carbocycles. The third kappa shape index (κ3) is 3.41. The molecule has 0 aliphatic carbocycles. The van der Waals surface area contributed by atoms with Crippen molar-refractivity contribution in [3.05, 3.63) is 54.1 Å². The number of rotatable bonds is 5. The van der Waals surface area contributed by atoms with Gasteiger partial charge in [0.1, 0.15) is 18.1 Å². The first-order valence-electron chi connectivity index (χ1n) is 8.45. The molecule has 2 aromatic heterocycles. The summed E-state index contributed by atoms with van der Waals surface area (Å²) in [6.45, 7) is 2.08. The van der Waals surface area contributed by atoms with Crippen molar-refractivity contribution in [2.45, 2.75) is 13.3 Å². The Bertz CT molecular complexity index is 1100. The van der Waals surface area contributed by atoms with Gasteiger partial charge in [-0.15, -0.1) is 10.2 Å². The van der Waals surface area contributed by atoms with Crippen LogP contribution < -0.4 is 0 Å². The van der Waals surface area contributed by atoms with Crippen molar-refractivity contribution in [2.24, 2.45) is 0 Å². The summed E-state index contributed by atoms with van der Waals surface area (Å²) in [4.78, 5) is 14.6. The molecule has 4 rings (SSSR count). The van der Waals surface area contributed by atoms with E-state index in [-0.39, 0.29) is 18.2 Å². The number of nitrogens with one attached hydrogen (secondary N) is 2. The number of halogens is 1. The third-order valence-electron chi connectivity index (χ3n) is 4.10. The second-order valence-electron chi connectivity index (χ2n) is 5.94. The minimum Gasteiger partial charge on any atom is -0.466 e. The lowest BCUT2D eigenvalue weighted by Gasteiger charge is -2.00. The van der Waals surface area contributed by atoms with Crippen molar-refractivity contribution in [1.29, 1.82) is 0 Å². The number of carbonyl (C=O) groups excluding carboxylic acids is 1. The fourth-order valence-corrected chi connectivity index (χ4v) is 2.84. The first-order valence-corrected chi connectivity index (χ1v) is 8.45. The number of aromatic nitrogens is 5. The SMILES string of the molecule is CCOC(=O)Cc1nnc(-c2ccc3[nH]nc(-c4ccc(F)cc4)c3c2)[nH]1. The van der Waals surface area contributed by atoms with Gasteiger partial charge in [0.2, 0.25) is 0 Å². The molecule has 7 nitrogen and oxygen atoms in total. The molecule has 0 saturated heterocycles. The minimum absolute atomic E-state index is 0.0373. The van der Waals surface area contributed by atoms with Crippen molar-refractivity contribution < 1.29 is 13.9 Å². The number of fused-ring (bicyclic) bond motifs is 1. The zero-order valence-corrected chi connectivity index (χ0v) is 14.5. The molecular weight excluding hydrogens is 349 g/mol. The molecule has 0 aliphatic rings. The molecular formula is C19H16FN5O2. The molecule has 8 heteroatoms. The maximum absolute atomic E-state index is 13.2. The quantitative estimate of drug-likeness (QED) is 0.529. The number of benzene rings is 2. The summed E-state index contributed by atoms with van der Waals surface area (Å²) in [5.74, 6) is 0.330. The average molecular weight is 365 g/mol. The average Bonchev–Trinajstić information content (AvgIpc) is 3.29. The number of hydrogen-bond acceptors (Lipinski definition) is 5. The largest absolute Gasteiger partial charge is 0.466 e. The van der Waals surface area contributed by atoms with E-state index in [1.54, 1.807) is 19.1 Å². The monoisotopic (exact) mass is 365 g/mol. The Kier molecular flexibility index (Phi) is 4.37. The zero-order valence-electron chi connectivity index (χ0n) is 14.5. The highest BCUT2D eigenvalue weighted by Gasteiger charge is 2.13. The van der Waals surface area contributed by atoms with E-state index < -0.39 is 0 Å². The molecule has 0 bridgehead atoms. The van der Waals surface area contributed by atoms with Gasteiger partial charge in [0.15, 0.2) is 5.82 Å². The van der Waals surface area contributed by atoms with Gasteiger partial charge in [-0.2, -0.15) is 5.10 Å². The standard InChI is InChI=1S/C19H16FN5O2/c1-2-27-17(26)10-16-21-19(25-23-16)12-5-8-15-14(9-12)18(24-22-15)11-3-6-13(20)7-4-11/h3-9H,2,10H2,1H3,(H,22,24)(H,21,23,25). The number of aromatic amines is 2. The molecule has 0 atom stereocenters. The molecule has 4 aromatic rings. The van der Waals surface area contributed by atoms with Gasteiger partial charge in [0.05, 0.1) is 17.8 Å². The Labute approximate surface area is 153 Å². The zero-order chi connectivity index (χ0) is 18.8. The van der Waals surface area contributed by atoms with Crippen LogP contribution in [0.2, 0.25) is 0 Å². The number of esters is 1. The Balaban J connectivity index is 1.67. The van der Waals surface area contributed by atoms with E-state index in [4.69, 9.17) is 4.74 Å². The van der Waals surface area contributed by atoms with Crippen molar-refractivity contribution in [3.63, 3.8) is 0 Å². The van der Waals surface area contributed by atoms with Gasteiger partial charge < -0.3 is 9.72 Å². The Hall–Kier alpha value is -3.55. The highest BCUT2D eigenvalue weighted by molar-refractivity contribution is 5.95. The second-order valence-corrected chi connectivity index (χ2v) is 5.94. The van der Waals surface area contributed by atoms with Gasteiger partial charge in [-0.3, -0.25) is 9.89 Å². The third-order valence-corrected chi connectivity index (χ3v) is 4.10. The molecule has 0 aliphatic heterocycles. The van der Waals surface area contributed by atoms with Crippen LogP contribution in [0.4, 0.5) is 4.39 Å². The van der Waals surface area contributed by atoms with Crippen LogP contribution in [0.5, 0.6) is 0 Å². The lowest BCUT2D eigenvalue weighted by molar-refractivity contribution is -0.142. The topological polar surface area (TPSA) is 96.6 Å². The maximum atomic E-state index is 13.2. The lowest BCUT2D eigenvalue weighted by atomic mass is 10.1.